The number of rotatable bonds is 3. The highest BCUT2D eigenvalue weighted by molar-refractivity contribution is 6.02. The Labute approximate surface area is 115 Å². The number of pyridine rings is 1. The normalized spacial score (nSPS) is 15.8. The van der Waals surface area contributed by atoms with Gasteiger partial charge in [-0.3, -0.25) is 4.90 Å². The molecular weight excluding hydrogens is 259 g/mol. The zero-order chi connectivity index (χ0) is 14.1. The van der Waals surface area contributed by atoms with E-state index in [2.05, 4.69) is 9.88 Å². The summed E-state index contributed by atoms with van der Waals surface area (Å²) >= 11 is 0. The molecule has 0 amide bonds. The fourth-order valence-electron chi connectivity index (χ4n) is 2.69. The van der Waals surface area contributed by atoms with E-state index in [4.69, 9.17) is 0 Å². The zero-order valence-electron chi connectivity index (χ0n) is 11.0. The number of aromatic carboxylic acids is 1. The van der Waals surface area contributed by atoms with Gasteiger partial charge in [-0.1, -0.05) is 12.1 Å². The van der Waals surface area contributed by atoms with Gasteiger partial charge < -0.3 is 5.11 Å². The Kier molecular flexibility index (Phi) is 3.36. The number of halogens is 1. The van der Waals surface area contributed by atoms with Crippen LogP contribution in [-0.2, 0) is 6.54 Å². The third-order valence-corrected chi connectivity index (χ3v) is 3.66. The summed E-state index contributed by atoms with van der Waals surface area (Å²) in [5.41, 5.74) is 0.868. The molecule has 0 bridgehead atoms. The summed E-state index contributed by atoms with van der Waals surface area (Å²) < 4.78 is 13.9. The van der Waals surface area contributed by atoms with Crippen molar-refractivity contribution in [3.8, 4) is 0 Å². The number of aromatic nitrogens is 1. The molecule has 3 rings (SSSR count). The second kappa shape index (κ2) is 5.17. The van der Waals surface area contributed by atoms with Crippen molar-refractivity contribution in [1.29, 1.82) is 0 Å². The summed E-state index contributed by atoms with van der Waals surface area (Å²) in [6, 6.07) is 5.96. The molecule has 0 spiro atoms. The molecule has 2 aromatic rings. The molecule has 0 saturated carbocycles. The van der Waals surface area contributed by atoms with Gasteiger partial charge in [-0.05, 0) is 38.1 Å². The highest BCUT2D eigenvalue weighted by Crippen LogP contribution is 2.22. The molecule has 104 valence electrons. The first-order chi connectivity index (χ1) is 9.65. The SMILES string of the molecule is O=C(O)c1cc(CN2CCCC2)nc2c(F)cccc12. The van der Waals surface area contributed by atoms with Crippen LogP contribution >= 0.6 is 0 Å². The molecule has 1 aromatic heterocycles. The lowest BCUT2D eigenvalue weighted by Gasteiger charge is -2.15. The summed E-state index contributed by atoms with van der Waals surface area (Å²) in [6.07, 6.45) is 2.29. The molecule has 1 saturated heterocycles. The van der Waals surface area contributed by atoms with Crippen molar-refractivity contribution in [3.63, 3.8) is 0 Å². The summed E-state index contributed by atoms with van der Waals surface area (Å²) in [6.45, 7) is 2.54. The maximum atomic E-state index is 13.9. The van der Waals surface area contributed by atoms with Crippen molar-refractivity contribution in [2.24, 2.45) is 0 Å². The first kappa shape index (κ1) is 13.0. The quantitative estimate of drug-likeness (QED) is 0.935. The second-order valence-corrected chi connectivity index (χ2v) is 5.09. The molecule has 2 heterocycles. The molecule has 0 aliphatic carbocycles. The molecule has 0 atom stereocenters. The van der Waals surface area contributed by atoms with Crippen LogP contribution in [0.4, 0.5) is 4.39 Å². The number of hydrogen-bond donors (Lipinski definition) is 1. The zero-order valence-corrected chi connectivity index (χ0v) is 11.0. The second-order valence-electron chi connectivity index (χ2n) is 5.09. The summed E-state index contributed by atoms with van der Waals surface area (Å²) in [4.78, 5) is 17.9. The minimum Gasteiger partial charge on any atom is -0.478 e. The number of fused-ring (bicyclic) bond motifs is 1. The Hall–Kier alpha value is -2.01. The number of carboxylic acids is 1. The topological polar surface area (TPSA) is 53.4 Å². The predicted molar refractivity (Wildman–Crippen MR) is 73.2 cm³/mol. The van der Waals surface area contributed by atoms with Gasteiger partial charge >= 0.3 is 5.97 Å². The molecule has 0 unspecified atom stereocenters. The summed E-state index contributed by atoms with van der Waals surface area (Å²) in [7, 11) is 0. The number of benzene rings is 1. The van der Waals surface area contributed by atoms with Crippen LogP contribution in [0.15, 0.2) is 24.3 Å². The van der Waals surface area contributed by atoms with Gasteiger partial charge in [-0.25, -0.2) is 14.2 Å². The van der Waals surface area contributed by atoms with E-state index in [0.717, 1.165) is 25.9 Å². The van der Waals surface area contributed by atoms with Crippen molar-refractivity contribution in [3.05, 3.63) is 41.3 Å². The third kappa shape index (κ3) is 2.36. The van der Waals surface area contributed by atoms with Crippen LogP contribution < -0.4 is 0 Å². The molecule has 20 heavy (non-hydrogen) atoms. The number of para-hydroxylation sites is 1. The van der Waals surface area contributed by atoms with Crippen LogP contribution in [0.2, 0.25) is 0 Å². The smallest absolute Gasteiger partial charge is 0.336 e. The number of hydrogen-bond acceptors (Lipinski definition) is 3. The van der Waals surface area contributed by atoms with Crippen molar-refractivity contribution in [2.75, 3.05) is 13.1 Å². The molecule has 5 heteroatoms. The number of carboxylic acid groups (broad SMARTS) is 1. The van der Waals surface area contributed by atoms with Crippen molar-refractivity contribution < 1.29 is 14.3 Å². The van der Waals surface area contributed by atoms with E-state index in [1.54, 1.807) is 12.1 Å². The van der Waals surface area contributed by atoms with Gasteiger partial charge in [0.2, 0.25) is 0 Å². The Balaban J connectivity index is 2.09. The standard InChI is InChI=1S/C15H15FN2O2/c16-13-5-3-4-11-12(15(19)20)8-10(17-14(11)13)9-18-6-1-2-7-18/h3-5,8H,1-2,6-7,9H2,(H,19,20). The maximum absolute atomic E-state index is 13.9. The van der Waals surface area contributed by atoms with E-state index in [0.29, 0.717) is 17.6 Å². The number of carbonyl (C=O) groups is 1. The Morgan fingerprint density at radius 2 is 2.10 bits per heavy atom. The number of likely N-dealkylation sites (tertiary alicyclic amines) is 1. The molecule has 1 aliphatic heterocycles. The highest BCUT2D eigenvalue weighted by atomic mass is 19.1. The fourth-order valence-corrected chi connectivity index (χ4v) is 2.69. The van der Waals surface area contributed by atoms with Crippen LogP contribution in [0, 0.1) is 5.82 Å². The van der Waals surface area contributed by atoms with Gasteiger partial charge in [0.15, 0.2) is 0 Å². The van der Waals surface area contributed by atoms with E-state index in [-0.39, 0.29) is 11.1 Å². The number of nitrogens with zero attached hydrogens (tertiary/aromatic N) is 2. The first-order valence-electron chi connectivity index (χ1n) is 6.69. The van der Waals surface area contributed by atoms with Crippen LogP contribution in [0.25, 0.3) is 10.9 Å². The molecular formula is C15H15FN2O2. The van der Waals surface area contributed by atoms with Crippen molar-refractivity contribution in [1.82, 2.24) is 9.88 Å². The third-order valence-electron chi connectivity index (χ3n) is 3.66. The first-order valence-corrected chi connectivity index (χ1v) is 6.69. The molecule has 1 aromatic carbocycles. The summed E-state index contributed by atoms with van der Waals surface area (Å²) in [5.74, 6) is -1.53. The fraction of sp³-hybridized carbons (Fsp3) is 0.333. The molecule has 0 radical (unpaired) electrons. The molecule has 4 nitrogen and oxygen atoms in total. The van der Waals surface area contributed by atoms with E-state index >= 15 is 0 Å². The molecule has 1 fully saturated rings. The van der Waals surface area contributed by atoms with Crippen LogP contribution in [0.3, 0.4) is 0 Å². The minimum atomic E-state index is -1.05. The van der Waals surface area contributed by atoms with Gasteiger partial charge in [0.1, 0.15) is 11.3 Å². The van der Waals surface area contributed by atoms with Crippen LogP contribution in [0.5, 0.6) is 0 Å². The van der Waals surface area contributed by atoms with Gasteiger partial charge in [0.05, 0.1) is 11.3 Å². The van der Waals surface area contributed by atoms with E-state index in [1.807, 2.05) is 0 Å². The maximum Gasteiger partial charge on any atom is 0.336 e. The lowest BCUT2D eigenvalue weighted by atomic mass is 10.1. The van der Waals surface area contributed by atoms with E-state index in [1.165, 1.54) is 12.1 Å². The summed E-state index contributed by atoms with van der Waals surface area (Å²) in [5, 5.41) is 9.64. The Morgan fingerprint density at radius 3 is 2.80 bits per heavy atom. The van der Waals surface area contributed by atoms with Crippen LogP contribution in [0.1, 0.15) is 28.9 Å². The van der Waals surface area contributed by atoms with Crippen molar-refractivity contribution in [2.45, 2.75) is 19.4 Å². The van der Waals surface area contributed by atoms with Gasteiger partial charge in [-0.15, -0.1) is 0 Å². The minimum absolute atomic E-state index is 0.115. The Morgan fingerprint density at radius 1 is 1.35 bits per heavy atom. The lowest BCUT2D eigenvalue weighted by Crippen LogP contribution is -2.19. The van der Waals surface area contributed by atoms with Gasteiger partial charge in [0, 0.05) is 11.9 Å². The predicted octanol–water partition coefficient (Wildman–Crippen LogP) is 2.67. The van der Waals surface area contributed by atoms with Gasteiger partial charge in [-0.2, -0.15) is 0 Å². The Bertz CT molecular complexity index is 666. The van der Waals surface area contributed by atoms with E-state index < -0.39 is 11.8 Å². The highest BCUT2D eigenvalue weighted by Gasteiger charge is 2.17. The van der Waals surface area contributed by atoms with Gasteiger partial charge in [0.25, 0.3) is 0 Å². The average molecular weight is 274 g/mol. The van der Waals surface area contributed by atoms with Crippen molar-refractivity contribution >= 4 is 16.9 Å². The molecule has 1 aliphatic rings. The largest absolute Gasteiger partial charge is 0.478 e. The van der Waals surface area contributed by atoms with Crippen LogP contribution in [-0.4, -0.2) is 34.0 Å². The average Bonchev–Trinajstić information content (AvgIpc) is 2.92. The lowest BCUT2D eigenvalue weighted by molar-refractivity contribution is 0.0698. The van der Waals surface area contributed by atoms with E-state index in [9.17, 15) is 14.3 Å². The molecule has 1 N–H and O–H groups in total. The monoisotopic (exact) mass is 274 g/mol.